The van der Waals surface area contributed by atoms with Crippen LogP contribution >= 0.6 is 0 Å². The first-order valence-electron chi connectivity index (χ1n) is 22.5. The molecule has 0 saturated carbocycles. The van der Waals surface area contributed by atoms with Crippen LogP contribution in [0.4, 0.5) is 0 Å². The van der Waals surface area contributed by atoms with Crippen molar-refractivity contribution in [3.63, 3.8) is 0 Å². The van der Waals surface area contributed by atoms with Crippen molar-refractivity contribution in [2.75, 3.05) is 19.0 Å². The second kappa shape index (κ2) is 36.7. The molecule has 60 heavy (non-hydrogen) atoms. The lowest BCUT2D eigenvalue weighted by molar-refractivity contribution is -0.297. The number of ether oxygens (including phenoxy) is 4. The standard InChI is InChI=1S/C47H78O12S/c1-3-5-7-9-11-13-15-17-19-20-22-23-25-27-29-31-33-35-42(48)56-37-40(38-57-47-46(52)45(51)44(50)41(59-47)39-60(53,54)55)58-43(49)36-34-32-30-28-26-24-21-18-16-14-12-10-8-6-4-2/h7,9,12-15,18-21,23,25,40-41,44-47,50-52H,3-6,8,10-11,16-17,22,24,26-39H2,1-2H3,(H,53,54,55)/b9-7+,14-12+,15-13+,20-19+,21-18+,25-23+/t40-,41-,44-,45?,46?,47+/m1/s1. The summed E-state index contributed by atoms with van der Waals surface area (Å²) >= 11 is 0. The van der Waals surface area contributed by atoms with Crippen molar-refractivity contribution in [3.8, 4) is 0 Å². The number of esters is 2. The molecule has 0 bridgehead atoms. The van der Waals surface area contributed by atoms with Gasteiger partial charge in [-0.1, -0.05) is 132 Å². The van der Waals surface area contributed by atoms with Crippen LogP contribution in [0, 0.1) is 0 Å². The van der Waals surface area contributed by atoms with E-state index in [0.29, 0.717) is 12.8 Å². The van der Waals surface area contributed by atoms with Gasteiger partial charge in [-0.3, -0.25) is 14.1 Å². The molecular weight excluding hydrogens is 789 g/mol. The number of unbranched alkanes of at least 4 members (excludes halogenated alkanes) is 12. The number of rotatable bonds is 36. The molecule has 1 aliphatic rings. The van der Waals surface area contributed by atoms with Gasteiger partial charge in [0.05, 0.1) is 6.61 Å². The summed E-state index contributed by atoms with van der Waals surface area (Å²) in [5.41, 5.74) is 0. The van der Waals surface area contributed by atoms with Crippen molar-refractivity contribution >= 4 is 22.1 Å². The maximum atomic E-state index is 12.8. The van der Waals surface area contributed by atoms with E-state index in [1.165, 1.54) is 25.7 Å². The average molecular weight is 867 g/mol. The maximum Gasteiger partial charge on any atom is 0.306 e. The summed E-state index contributed by atoms with van der Waals surface area (Å²) in [5, 5.41) is 30.9. The summed E-state index contributed by atoms with van der Waals surface area (Å²) < 4.78 is 54.0. The lowest BCUT2D eigenvalue weighted by atomic mass is 10.00. The third kappa shape index (κ3) is 31.0. The highest BCUT2D eigenvalue weighted by Crippen LogP contribution is 2.24. The number of aliphatic hydroxyl groups is 3. The van der Waals surface area contributed by atoms with Crippen molar-refractivity contribution in [2.45, 2.75) is 192 Å². The zero-order chi connectivity index (χ0) is 44.1. The molecule has 1 heterocycles. The fourth-order valence-electron chi connectivity index (χ4n) is 6.23. The molecule has 4 N–H and O–H groups in total. The number of allylic oxidation sites excluding steroid dienone is 12. The van der Waals surface area contributed by atoms with Crippen LogP contribution in [0.15, 0.2) is 72.9 Å². The van der Waals surface area contributed by atoms with Gasteiger partial charge in [-0.25, -0.2) is 0 Å². The van der Waals surface area contributed by atoms with Crippen LogP contribution in [-0.4, -0.2) is 96.0 Å². The Labute approximate surface area is 361 Å². The Balaban J connectivity index is 2.49. The van der Waals surface area contributed by atoms with Gasteiger partial charge in [0.25, 0.3) is 10.1 Å². The van der Waals surface area contributed by atoms with Crippen LogP contribution in [0.1, 0.15) is 155 Å². The van der Waals surface area contributed by atoms with Gasteiger partial charge in [0, 0.05) is 12.8 Å². The molecule has 0 aromatic heterocycles. The Morgan fingerprint density at radius 2 is 1.03 bits per heavy atom. The third-order valence-electron chi connectivity index (χ3n) is 9.74. The van der Waals surface area contributed by atoms with Crippen molar-refractivity contribution in [1.82, 2.24) is 0 Å². The monoisotopic (exact) mass is 867 g/mol. The maximum absolute atomic E-state index is 12.8. The summed E-state index contributed by atoms with van der Waals surface area (Å²) in [5.74, 6) is -2.05. The van der Waals surface area contributed by atoms with Crippen molar-refractivity contribution < 1.29 is 56.8 Å². The van der Waals surface area contributed by atoms with Crippen LogP contribution in [0.5, 0.6) is 0 Å². The van der Waals surface area contributed by atoms with Crippen LogP contribution in [0.2, 0.25) is 0 Å². The van der Waals surface area contributed by atoms with Crippen LogP contribution in [0.25, 0.3) is 0 Å². The molecule has 2 unspecified atom stereocenters. The number of hydrogen-bond donors (Lipinski definition) is 4. The molecule has 1 aliphatic heterocycles. The molecule has 1 rings (SSSR count). The second-order valence-corrected chi connectivity index (χ2v) is 16.9. The number of carbonyl (C=O) groups is 2. The smallest absolute Gasteiger partial charge is 0.306 e. The Morgan fingerprint density at radius 1 is 0.567 bits per heavy atom. The van der Waals surface area contributed by atoms with Gasteiger partial charge in [-0.05, 0) is 83.5 Å². The van der Waals surface area contributed by atoms with Gasteiger partial charge in [0.15, 0.2) is 12.4 Å². The molecule has 0 spiro atoms. The summed E-state index contributed by atoms with van der Waals surface area (Å²) in [7, 11) is -4.61. The quantitative estimate of drug-likeness (QED) is 0.0203. The van der Waals surface area contributed by atoms with Gasteiger partial charge >= 0.3 is 11.9 Å². The van der Waals surface area contributed by atoms with E-state index in [2.05, 4.69) is 86.8 Å². The third-order valence-corrected chi connectivity index (χ3v) is 10.5. The minimum Gasteiger partial charge on any atom is -0.462 e. The Morgan fingerprint density at radius 3 is 1.57 bits per heavy atom. The summed E-state index contributed by atoms with van der Waals surface area (Å²) in [6.07, 6.45) is 36.5. The number of hydrogen-bond acceptors (Lipinski definition) is 11. The minimum atomic E-state index is -4.61. The van der Waals surface area contributed by atoms with Crippen molar-refractivity contribution in [1.29, 1.82) is 0 Å². The molecule has 0 radical (unpaired) electrons. The molecule has 6 atom stereocenters. The Kier molecular flexibility index (Phi) is 33.7. The van der Waals surface area contributed by atoms with E-state index < -0.39 is 71.2 Å². The minimum absolute atomic E-state index is 0.137. The van der Waals surface area contributed by atoms with E-state index in [1.807, 2.05) is 0 Å². The lowest BCUT2D eigenvalue weighted by Gasteiger charge is -2.40. The SMILES string of the molecule is CCC/C=C/C/C=C/C/C=C/C/C=C/CCCCCC(=O)OC[C@H](CO[C@H]1O[C@H](CS(=O)(=O)O)[C@@H](O)C(O)C1O)OC(=O)CCCCCCC/C=C/C/C=C/CCCCC. The van der Waals surface area contributed by atoms with E-state index >= 15 is 0 Å². The highest BCUT2D eigenvalue weighted by Gasteiger charge is 2.46. The van der Waals surface area contributed by atoms with Crippen molar-refractivity contribution in [3.05, 3.63) is 72.9 Å². The topological polar surface area (TPSA) is 186 Å². The summed E-state index contributed by atoms with van der Waals surface area (Å²) in [6, 6.07) is 0. The first-order valence-corrected chi connectivity index (χ1v) is 24.1. The van der Waals surface area contributed by atoms with Gasteiger partial charge in [-0.2, -0.15) is 8.42 Å². The van der Waals surface area contributed by atoms with E-state index in [1.54, 1.807) is 0 Å². The normalized spacial score (nSPS) is 20.8. The zero-order valence-corrected chi connectivity index (χ0v) is 37.3. The Hall–Kier alpha value is -2.91. The highest BCUT2D eigenvalue weighted by atomic mass is 32.2. The van der Waals surface area contributed by atoms with E-state index in [9.17, 15) is 37.9 Å². The Bertz CT molecular complexity index is 1390. The van der Waals surface area contributed by atoms with Gasteiger partial charge < -0.3 is 34.3 Å². The number of carbonyl (C=O) groups excluding carboxylic acids is 2. The summed E-state index contributed by atoms with van der Waals surface area (Å²) in [4.78, 5) is 25.4. The van der Waals surface area contributed by atoms with Crippen molar-refractivity contribution in [2.24, 2.45) is 0 Å². The molecule has 0 aromatic rings. The van der Waals surface area contributed by atoms with Gasteiger partial charge in [0.2, 0.25) is 0 Å². The molecule has 344 valence electrons. The fourth-order valence-corrected chi connectivity index (χ4v) is 6.92. The molecular formula is C47H78O12S. The van der Waals surface area contributed by atoms with Crippen LogP contribution in [0.3, 0.4) is 0 Å². The van der Waals surface area contributed by atoms with Gasteiger partial charge in [-0.15, -0.1) is 0 Å². The molecule has 0 aromatic carbocycles. The van der Waals surface area contributed by atoms with E-state index in [0.717, 1.165) is 89.9 Å². The predicted octanol–water partition coefficient (Wildman–Crippen LogP) is 9.11. The highest BCUT2D eigenvalue weighted by molar-refractivity contribution is 7.85. The molecule has 1 saturated heterocycles. The summed E-state index contributed by atoms with van der Waals surface area (Å²) in [6.45, 7) is 3.61. The van der Waals surface area contributed by atoms with Crippen LogP contribution < -0.4 is 0 Å². The molecule has 12 nitrogen and oxygen atoms in total. The van der Waals surface area contributed by atoms with Crippen LogP contribution in [-0.2, 0) is 38.7 Å². The van der Waals surface area contributed by atoms with E-state index in [4.69, 9.17) is 18.9 Å². The number of aliphatic hydroxyl groups excluding tert-OH is 3. The second-order valence-electron chi connectivity index (χ2n) is 15.4. The zero-order valence-electron chi connectivity index (χ0n) is 36.5. The first-order chi connectivity index (χ1) is 29.0. The molecule has 13 heteroatoms. The fraction of sp³-hybridized carbons (Fsp3) is 0.702. The van der Waals surface area contributed by atoms with E-state index in [-0.39, 0.29) is 19.4 Å². The molecule has 1 fully saturated rings. The largest absolute Gasteiger partial charge is 0.462 e. The molecule has 0 aliphatic carbocycles. The van der Waals surface area contributed by atoms with Gasteiger partial charge in [0.1, 0.15) is 36.8 Å². The predicted molar refractivity (Wildman–Crippen MR) is 238 cm³/mol. The average Bonchev–Trinajstić information content (AvgIpc) is 3.21. The lowest BCUT2D eigenvalue weighted by Crippen LogP contribution is -2.60. The first kappa shape index (κ1) is 55.1. The molecule has 0 amide bonds.